The second-order valence-corrected chi connectivity index (χ2v) is 6.30. The standard InChI is InChI=1S/C20H22N6O/c1-2-7-22-18(3-1)19(26-11-13-27-14-12-26)15-24-20-23-10-6-17(25-20)16-4-8-21-9-5-16/h1-10,19H,11-15H2,(H,23,24,25)/t19-/m0/s1. The Morgan fingerprint density at radius 3 is 2.59 bits per heavy atom. The molecule has 1 N–H and O–H groups in total. The van der Waals surface area contributed by atoms with E-state index in [-0.39, 0.29) is 6.04 Å². The Balaban J connectivity index is 1.51. The van der Waals surface area contributed by atoms with E-state index in [1.54, 1.807) is 18.6 Å². The van der Waals surface area contributed by atoms with Gasteiger partial charge in [-0.3, -0.25) is 14.9 Å². The zero-order chi connectivity index (χ0) is 18.3. The highest BCUT2D eigenvalue weighted by atomic mass is 16.5. The molecule has 0 unspecified atom stereocenters. The topological polar surface area (TPSA) is 76.1 Å². The highest BCUT2D eigenvalue weighted by Gasteiger charge is 2.23. The van der Waals surface area contributed by atoms with Crippen LogP contribution < -0.4 is 5.32 Å². The van der Waals surface area contributed by atoms with E-state index >= 15 is 0 Å². The number of rotatable bonds is 6. The number of pyridine rings is 2. The molecule has 4 rings (SSSR count). The third-order valence-corrected chi connectivity index (χ3v) is 4.60. The van der Waals surface area contributed by atoms with E-state index in [4.69, 9.17) is 4.74 Å². The number of hydrogen-bond donors (Lipinski definition) is 1. The van der Waals surface area contributed by atoms with E-state index < -0.39 is 0 Å². The smallest absolute Gasteiger partial charge is 0.223 e. The number of aromatic nitrogens is 4. The van der Waals surface area contributed by atoms with Crippen molar-refractivity contribution in [3.63, 3.8) is 0 Å². The van der Waals surface area contributed by atoms with Crippen molar-refractivity contribution in [3.05, 3.63) is 66.9 Å². The summed E-state index contributed by atoms with van der Waals surface area (Å²) in [5, 5.41) is 3.39. The van der Waals surface area contributed by atoms with Gasteiger partial charge in [0.15, 0.2) is 0 Å². The Labute approximate surface area is 158 Å². The first-order valence-corrected chi connectivity index (χ1v) is 9.10. The molecule has 0 bridgehead atoms. The van der Waals surface area contributed by atoms with Crippen LogP contribution >= 0.6 is 0 Å². The summed E-state index contributed by atoms with van der Waals surface area (Å²) in [4.78, 5) is 20.0. The predicted molar refractivity (Wildman–Crippen MR) is 103 cm³/mol. The molecular weight excluding hydrogens is 340 g/mol. The zero-order valence-corrected chi connectivity index (χ0v) is 15.0. The first-order valence-electron chi connectivity index (χ1n) is 9.10. The molecule has 0 saturated carbocycles. The fraction of sp³-hybridized carbons (Fsp3) is 0.300. The quantitative estimate of drug-likeness (QED) is 0.722. The molecule has 0 spiro atoms. The van der Waals surface area contributed by atoms with Crippen LogP contribution in [0.3, 0.4) is 0 Å². The van der Waals surface area contributed by atoms with Crippen molar-refractivity contribution in [1.29, 1.82) is 0 Å². The maximum Gasteiger partial charge on any atom is 0.223 e. The van der Waals surface area contributed by atoms with Gasteiger partial charge < -0.3 is 10.1 Å². The summed E-state index contributed by atoms with van der Waals surface area (Å²) in [5.41, 5.74) is 2.93. The van der Waals surface area contributed by atoms with Gasteiger partial charge in [0.1, 0.15) is 0 Å². The van der Waals surface area contributed by atoms with Crippen LogP contribution in [0.15, 0.2) is 61.2 Å². The molecule has 1 aliphatic rings. The minimum atomic E-state index is 0.142. The van der Waals surface area contributed by atoms with E-state index in [1.807, 2.05) is 36.5 Å². The molecule has 138 valence electrons. The molecule has 1 atom stereocenters. The maximum absolute atomic E-state index is 5.50. The second-order valence-electron chi connectivity index (χ2n) is 6.30. The average Bonchev–Trinajstić information content (AvgIpc) is 2.76. The lowest BCUT2D eigenvalue weighted by Gasteiger charge is -2.34. The Hall–Kier alpha value is -2.90. The summed E-state index contributed by atoms with van der Waals surface area (Å²) in [6.45, 7) is 3.95. The van der Waals surface area contributed by atoms with Crippen molar-refractivity contribution < 1.29 is 4.74 Å². The Bertz CT molecular complexity index is 839. The molecule has 27 heavy (non-hydrogen) atoms. The highest BCUT2D eigenvalue weighted by molar-refractivity contribution is 5.59. The second kappa shape index (κ2) is 8.66. The van der Waals surface area contributed by atoms with E-state index in [0.717, 1.165) is 43.3 Å². The number of nitrogens with zero attached hydrogens (tertiary/aromatic N) is 5. The van der Waals surface area contributed by atoms with Crippen molar-refractivity contribution in [2.45, 2.75) is 6.04 Å². The first-order chi connectivity index (χ1) is 13.4. The molecule has 3 aromatic rings. The summed E-state index contributed by atoms with van der Waals surface area (Å²) in [7, 11) is 0. The van der Waals surface area contributed by atoms with E-state index in [2.05, 4.69) is 36.2 Å². The molecule has 4 heterocycles. The SMILES string of the molecule is c1ccc([C@H](CNc2nccc(-c3ccncc3)n2)N2CCOCC2)nc1. The van der Waals surface area contributed by atoms with Gasteiger partial charge in [-0.1, -0.05) is 6.07 Å². The number of anilines is 1. The summed E-state index contributed by atoms with van der Waals surface area (Å²) >= 11 is 0. The van der Waals surface area contributed by atoms with Crippen molar-refractivity contribution in [1.82, 2.24) is 24.8 Å². The highest BCUT2D eigenvalue weighted by Crippen LogP contribution is 2.21. The van der Waals surface area contributed by atoms with Gasteiger partial charge in [0.05, 0.1) is 30.6 Å². The van der Waals surface area contributed by atoms with Gasteiger partial charge in [0, 0.05) is 50.0 Å². The molecule has 3 aromatic heterocycles. The van der Waals surface area contributed by atoms with Gasteiger partial charge >= 0.3 is 0 Å². The number of nitrogens with one attached hydrogen (secondary N) is 1. The molecule has 1 fully saturated rings. The monoisotopic (exact) mass is 362 g/mol. The molecule has 0 amide bonds. The molecule has 0 aliphatic carbocycles. The minimum Gasteiger partial charge on any atom is -0.379 e. The van der Waals surface area contributed by atoms with Crippen LogP contribution in [0.4, 0.5) is 5.95 Å². The largest absolute Gasteiger partial charge is 0.379 e. The van der Waals surface area contributed by atoms with Crippen molar-refractivity contribution in [2.75, 3.05) is 38.2 Å². The van der Waals surface area contributed by atoms with Crippen molar-refractivity contribution >= 4 is 5.95 Å². The summed E-state index contributed by atoms with van der Waals surface area (Å²) < 4.78 is 5.50. The Morgan fingerprint density at radius 1 is 0.963 bits per heavy atom. The van der Waals surface area contributed by atoms with Gasteiger partial charge in [-0.25, -0.2) is 9.97 Å². The third-order valence-electron chi connectivity index (χ3n) is 4.60. The fourth-order valence-corrected chi connectivity index (χ4v) is 3.20. The summed E-state index contributed by atoms with van der Waals surface area (Å²) in [5.74, 6) is 0.610. The lowest BCUT2D eigenvalue weighted by atomic mass is 10.1. The van der Waals surface area contributed by atoms with Crippen molar-refractivity contribution in [3.8, 4) is 11.3 Å². The van der Waals surface area contributed by atoms with Crippen LogP contribution in [0.25, 0.3) is 11.3 Å². The van der Waals surface area contributed by atoms with E-state index in [1.165, 1.54) is 0 Å². The van der Waals surface area contributed by atoms with Gasteiger partial charge in [-0.15, -0.1) is 0 Å². The number of ether oxygens (including phenoxy) is 1. The molecule has 0 radical (unpaired) electrons. The minimum absolute atomic E-state index is 0.142. The van der Waals surface area contributed by atoms with Crippen LogP contribution in [-0.2, 0) is 4.74 Å². The molecule has 0 aromatic carbocycles. The first kappa shape index (κ1) is 17.5. The fourth-order valence-electron chi connectivity index (χ4n) is 3.20. The van der Waals surface area contributed by atoms with Crippen LogP contribution in [0, 0.1) is 0 Å². The number of morpholine rings is 1. The van der Waals surface area contributed by atoms with Gasteiger partial charge in [-0.05, 0) is 30.3 Å². The lowest BCUT2D eigenvalue weighted by Crippen LogP contribution is -2.42. The molecule has 7 heteroatoms. The van der Waals surface area contributed by atoms with Crippen molar-refractivity contribution in [2.24, 2.45) is 0 Å². The Kier molecular flexibility index (Phi) is 5.61. The van der Waals surface area contributed by atoms with Crippen LogP contribution in [0.5, 0.6) is 0 Å². The summed E-state index contributed by atoms with van der Waals surface area (Å²) in [6, 6.07) is 12.0. The molecule has 7 nitrogen and oxygen atoms in total. The maximum atomic E-state index is 5.50. The average molecular weight is 362 g/mol. The third kappa shape index (κ3) is 4.45. The van der Waals surface area contributed by atoms with E-state index in [9.17, 15) is 0 Å². The molecule has 1 aliphatic heterocycles. The van der Waals surface area contributed by atoms with Gasteiger partial charge in [-0.2, -0.15) is 0 Å². The number of hydrogen-bond acceptors (Lipinski definition) is 7. The normalized spacial score (nSPS) is 16.0. The zero-order valence-electron chi connectivity index (χ0n) is 15.0. The molecule has 1 saturated heterocycles. The van der Waals surface area contributed by atoms with Gasteiger partial charge in [0.2, 0.25) is 5.95 Å². The summed E-state index contributed by atoms with van der Waals surface area (Å²) in [6.07, 6.45) is 7.14. The van der Waals surface area contributed by atoms with Crippen LogP contribution in [0.2, 0.25) is 0 Å². The van der Waals surface area contributed by atoms with E-state index in [0.29, 0.717) is 12.5 Å². The Morgan fingerprint density at radius 2 is 1.81 bits per heavy atom. The van der Waals surface area contributed by atoms with Gasteiger partial charge in [0.25, 0.3) is 0 Å². The lowest BCUT2D eigenvalue weighted by molar-refractivity contribution is 0.0178. The van der Waals surface area contributed by atoms with Crippen LogP contribution in [-0.4, -0.2) is 57.7 Å². The predicted octanol–water partition coefficient (Wildman–Crippen LogP) is 2.42. The van der Waals surface area contributed by atoms with Crippen LogP contribution in [0.1, 0.15) is 11.7 Å². The molecular formula is C20H22N6O.